The van der Waals surface area contributed by atoms with Crippen LogP contribution in [0.15, 0.2) is 60.7 Å². The minimum absolute atomic E-state index is 0.887. The van der Waals surface area contributed by atoms with E-state index in [9.17, 15) is 0 Å². The van der Waals surface area contributed by atoms with E-state index < -0.39 is 0 Å². The highest BCUT2D eigenvalue weighted by atomic mass is 15.1. The molecular weight excluding hydrogens is 268 g/mol. The lowest BCUT2D eigenvalue weighted by Crippen LogP contribution is -2.10. The fourth-order valence-electron chi connectivity index (χ4n) is 3.01. The van der Waals surface area contributed by atoms with E-state index >= 15 is 0 Å². The smallest absolute Gasteiger partial charge is 0.0444 e. The van der Waals surface area contributed by atoms with Gasteiger partial charge < -0.3 is 10.6 Å². The Morgan fingerprint density at radius 1 is 0.818 bits per heavy atom. The highest BCUT2D eigenvalue weighted by Crippen LogP contribution is 2.33. The highest BCUT2D eigenvalue weighted by molar-refractivity contribution is 5.99. The minimum Gasteiger partial charge on any atom is -0.398 e. The molecule has 0 saturated heterocycles. The lowest BCUT2D eigenvalue weighted by molar-refractivity contribution is 0.970. The SMILES string of the molecule is CN(C)c1cccc2ccc(N)c(CCc3ccccc3)c12. The van der Waals surface area contributed by atoms with Crippen LogP contribution in [0.25, 0.3) is 10.8 Å². The molecule has 3 aromatic carbocycles. The number of hydrogen-bond acceptors (Lipinski definition) is 2. The number of hydrogen-bond donors (Lipinski definition) is 1. The van der Waals surface area contributed by atoms with Gasteiger partial charge >= 0.3 is 0 Å². The zero-order chi connectivity index (χ0) is 15.5. The number of nitrogens with two attached hydrogens (primary N) is 1. The standard InChI is InChI=1S/C20H22N2/c1-22(2)19-10-6-9-16-12-14-18(21)17(20(16)19)13-11-15-7-4-3-5-8-15/h3-10,12,14H,11,13,21H2,1-2H3. The van der Waals surface area contributed by atoms with Crippen LogP contribution in [0.1, 0.15) is 11.1 Å². The number of fused-ring (bicyclic) bond motifs is 1. The van der Waals surface area contributed by atoms with E-state index in [1.165, 1.54) is 27.6 Å². The van der Waals surface area contributed by atoms with Crippen LogP contribution < -0.4 is 10.6 Å². The minimum atomic E-state index is 0.887. The lowest BCUT2D eigenvalue weighted by atomic mass is 9.95. The first-order chi connectivity index (χ1) is 10.7. The molecule has 3 rings (SSSR count). The molecule has 0 heterocycles. The molecule has 0 aliphatic heterocycles. The summed E-state index contributed by atoms with van der Waals surface area (Å²) < 4.78 is 0. The molecule has 0 saturated carbocycles. The molecule has 0 aliphatic rings. The Hall–Kier alpha value is -2.48. The topological polar surface area (TPSA) is 29.3 Å². The molecule has 2 nitrogen and oxygen atoms in total. The molecule has 0 aromatic heterocycles. The number of anilines is 2. The second kappa shape index (κ2) is 6.10. The number of rotatable bonds is 4. The van der Waals surface area contributed by atoms with Gasteiger partial charge in [0, 0.05) is 30.9 Å². The van der Waals surface area contributed by atoms with Gasteiger partial charge in [-0.25, -0.2) is 0 Å². The predicted molar refractivity (Wildman–Crippen MR) is 96.5 cm³/mol. The first kappa shape index (κ1) is 14.5. The Morgan fingerprint density at radius 3 is 2.32 bits per heavy atom. The largest absolute Gasteiger partial charge is 0.398 e. The van der Waals surface area contributed by atoms with Gasteiger partial charge in [0.25, 0.3) is 0 Å². The summed E-state index contributed by atoms with van der Waals surface area (Å²) in [5, 5.41) is 2.53. The van der Waals surface area contributed by atoms with Crippen molar-refractivity contribution in [2.45, 2.75) is 12.8 Å². The van der Waals surface area contributed by atoms with Gasteiger partial charge in [-0.3, -0.25) is 0 Å². The van der Waals surface area contributed by atoms with E-state index in [4.69, 9.17) is 5.73 Å². The van der Waals surface area contributed by atoms with E-state index in [-0.39, 0.29) is 0 Å². The summed E-state index contributed by atoms with van der Waals surface area (Å²) >= 11 is 0. The number of nitrogens with zero attached hydrogens (tertiary/aromatic N) is 1. The van der Waals surface area contributed by atoms with Crippen LogP contribution in [-0.4, -0.2) is 14.1 Å². The van der Waals surface area contributed by atoms with Crippen LogP contribution in [0, 0.1) is 0 Å². The monoisotopic (exact) mass is 290 g/mol. The summed E-state index contributed by atoms with van der Waals surface area (Å²) in [7, 11) is 4.16. The molecule has 0 bridgehead atoms. The highest BCUT2D eigenvalue weighted by Gasteiger charge is 2.11. The van der Waals surface area contributed by atoms with Crippen LogP contribution in [0.3, 0.4) is 0 Å². The summed E-state index contributed by atoms with van der Waals surface area (Å²) in [4.78, 5) is 2.16. The molecule has 2 heteroatoms. The molecule has 0 amide bonds. The van der Waals surface area contributed by atoms with Crippen LogP contribution >= 0.6 is 0 Å². The van der Waals surface area contributed by atoms with Gasteiger partial charge in [-0.1, -0.05) is 48.5 Å². The van der Waals surface area contributed by atoms with Crippen molar-refractivity contribution in [2.75, 3.05) is 24.7 Å². The van der Waals surface area contributed by atoms with E-state index in [1.54, 1.807) is 0 Å². The lowest BCUT2D eigenvalue weighted by Gasteiger charge is -2.19. The summed E-state index contributed by atoms with van der Waals surface area (Å²) in [6.45, 7) is 0. The third-order valence-corrected chi connectivity index (χ3v) is 4.16. The normalized spacial score (nSPS) is 10.8. The van der Waals surface area contributed by atoms with Gasteiger partial charge in [0.1, 0.15) is 0 Å². The van der Waals surface area contributed by atoms with Gasteiger partial charge in [0.15, 0.2) is 0 Å². The Labute approximate surface area is 132 Å². The summed E-state index contributed by atoms with van der Waals surface area (Å²) in [6.07, 6.45) is 1.96. The second-order valence-corrected chi connectivity index (χ2v) is 5.89. The molecule has 2 N–H and O–H groups in total. The van der Waals surface area contributed by atoms with E-state index in [2.05, 4.69) is 73.6 Å². The van der Waals surface area contributed by atoms with Crippen molar-refractivity contribution in [3.8, 4) is 0 Å². The first-order valence-corrected chi connectivity index (χ1v) is 7.68. The third kappa shape index (κ3) is 2.77. The molecule has 112 valence electrons. The van der Waals surface area contributed by atoms with Crippen molar-refractivity contribution in [3.63, 3.8) is 0 Å². The van der Waals surface area contributed by atoms with Crippen LogP contribution in [-0.2, 0) is 12.8 Å². The first-order valence-electron chi connectivity index (χ1n) is 7.68. The maximum absolute atomic E-state index is 6.30. The van der Waals surface area contributed by atoms with Gasteiger partial charge in [0.05, 0.1) is 0 Å². The van der Waals surface area contributed by atoms with Gasteiger partial charge in [-0.15, -0.1) is 0 Å². The molecular formula is C20H22N2. The summed E-state index contributed by atoms with van der Waals surface area (Å²) in [5.41, 5.74) is 11.0. The Kier molecular flexibility index (Phi) is 4.01. The fourth-order valence-corrected chi connectivity index (χ4v) is 3.01. The number of benzene rings is 3. The quantitative estimate of drug-likeness (QED) is 0.727. The molecule has 22 heavy (non-hydrogen) atoms. The maximum atomic E-state index is 6.30. The zero-order valence-electron chi connectivity index (χ0n) is 13.2. The molecule has 0 unspecified atom stereocenters. The Bertz CT molecular complexity index is 776. The van der Waals surface area contributed by atoms with Crippen LogP contribution in [0.4, 0.5) is 11.4 Å². The average molecular weight is 290 g/mol. The van der Waals surface area contributed by atoms with Crippen molar-refractivity contribution < 1.29 is 0 Å². The van der Waals surface area contributed by atoms with Crippen molar-refractivity contribution in [3.05, 3.63) is 71.8 Å². The number of aryl methyl sites for hydroxylation is 2. The zero-order valence-corrected chi connectivity index (χ0v) is 13.2. The van der Waals surface area contributed by atoms with E-state index in [0.29, 0.717) is 0 Å². The Morgan fingerprint density at radius 2 is 1.59 bits per heavy atom. The van der Waals surface area contributed by atoms with Crippen LogP contribution in [0.5, 0.6) is 0 Å². The second-order valence-electron chi connectivity index (χ2n) is 5.89. The maximum Gasteiger partial charge on any atom is 0.0444 e. The summed E-state index contributed by atoms with van der Waals surface area (Å²) in [5.74, 6) is 0. The average Bonchev–Trinajstić information content (AvgIpc) is 2.54. The van der Waals surface area contributed by atoms with Gasteiger partial charge in [-0.05, 0) is 41.5 Å². The molecule has 0 fully saturated rings. The van der Waals surface area contributed by atoms with Gasteiger partial charge in [0.2, 0.25) is 0 Å². The van der Waals surface area contributed by atoms with Crippen molar-refractivity contribution in [1.29, 1.82) is 0 Å². The molecule has 3 aromatic rings. The van der Waals surface area contributed by atoms with Crippen LogP contribution in [0.2, 0.25) is 0 Å². The van der Waals surface area contributed by atoms with Crippen molar-refractivity contribution >= 4 is 22.1 Å². The third-order valence-electron chi connectivity index (χ3n) is 4.16. The van der Waals surface area contributed by atoms with E-state index in [0.717, 1.165) is 18.5 Å². The fraction of sp³-hybridized carbons (Fsp3) is 0.200. The molecule has 0 aliphatic carbocycles. The molecule has 0 radical (unpaired) electrons. The van der Waals surface area contributed by atoms with E-state index in [1.807, 2.05) is 6.07 Å². The number of nitrogen functional groups attached to an aromatic ring is 1. The van der Waals surface area contributed by atoms with Crippen molar-refractivity contribution in [1.82, 2.24) is 0 Å². The Balaban J connectivity index is 2.05. The molecule has 0 atom stereocenters. The predicted octanol–water partition coefficient (Wildman–Crippen LogP) is 4.27. The summed E-state index contributed by atoms with van der Waals surface area (Å²) in [6, 6.07) is 21.2. The van der Waals surface area contributed by atoms with Gasteiger partial charge in [-0.2, -0.15) is 0 Å². The molecule has 0 spiro atoms. The van der Waals surface area contributed by atoms with Crippen molar-refractivity contribution in [2.24, 2.45) is 0 Å².